The van der Waals surface area contributed by atoms with Crippen LogP contribution in [0.2, 0.25) is 0 Å². The highest BCUT2D eigenvalue weighted by Gasteiger charge is 2.28. The molecule has 4 nitrogen and oxygen atoms in total. The minimum Gasteiger partial charge on any atom is -0.459 e. The van der Waals surface area contributed by atoms with E-state index in [4.69, 9.17) is 15.2 Å². The van der Waals surface area contributed by atoms with E-state index in [-0.39, 0.29) is 19.1 Å². The van der Waals surface area contributed by atoms with Crippen LogP contribution in [0.25, 0.3) is 0 Å². The van der Waals surface area contributed by atoms with Crippen molar-refractivity contribution < 1.29 is 23.0 Å². The Kier molecular flexibility index (Phi) is 6.13. The third-order valence-electron chi connectivity index (χ3n) is 3.26. The minimum absolute atomic E-state index is 0.0396. The van der Waals surface area contributed by atoms with Crippen LogP contribution < -0.4 is 5.73 Å². The lowest BCUT2D eigenvalue weighted by Gasteiger charge is -2.24. The predicted molar refractivity (Wildman–Crippen MR) is 67.0 cm³/mol. The van der Waals surface area contributed by atoms with E-state index in [1.54, 1.807) is 6.92 Å². The smallest absolute Gasteiger partial charge is 0.323 e. The number of carbonyl (C=O) groups excluding carboxylic acids is 1. The Morgan fingerprint density at radius 2 is 2.05 bits per heavy atom. The molecular formula is C13H23F2NO3. The number of esters is 1. The van der Waals surface area contributed by atoms with E-state index < -0.39 is 24.0 Å². The van der Waals surface area contributed by atoms with Gasteiger partial charge in [0.25, 0.3) is 0 Å². The molecule has 0 spiro atoms. The van der Waals surface area contributed by atoms with Crippen LogP contribution in [0.3, 0.4) is 0 Å². The Hall–Kier alpha value is -0.750. The fourth-order valence-corrected chi connectivity index (χ4v) is 2.02. The molecule has 1 heterocycles. The molecule has 0 aromatic heterocycles. The van der Waals surface area contributed by atoms with Gasteiger partial charge in [0.15, 0.2) is 0 Å². The van der Waals surface area contributed by atoms with E-state index in [1.807, 2.05) is 0 Å². The number of ether oxygens (including phenoxy) is 2. The summed E-state index contributed by atoms with van der Waals surface area (Å²) in [5.74, 6) is -3.18. The molecule has 1 fully saturated rings. The van der Waals surface area contributed by atoms with E-state index in [0.29, 0.717) is 12.8 Å². The molecule has 0 unspecified atom stereocenters. The summed E-state index contributed by atoms with van der Waals surface area (Å²) in [6.07, 6.45) is 1.82. The van der Waals surface area contributed by atoms with Gasteiger partial charge in [-0.3, -0.25) is 4.79 Å². The summed E-state index contributed by atoms with van der Waals surface area (Å²) in [5, 5.41) is 0. The quantitative estimate of drug-likeness (QED) is 0.802. The monoisotopic (exact) mass is 279 g/mol. The summed E-state index contributed by atoms with van der Waals surface area (Å²) in [5.41, 5.74) is 5.67. The topological polar surface area (TPSA) is 61.5 Å². The summed E-state index contributed by atoms with van der Waals surface area (Å²) in [6, 6.07) is -0.596. The Balaban J connectivity index is 2.48. The van der Waals surface area contributed by atoms with Crippen LogP contribution >= 0.6 is 0 Å². The van der Waals surface area contributed by atoms with Crippen molar-refractivity contribution in [3.8, 4) is 0 Å². The molecule has 1 aliphatic heterocycles. The van der Waals surface area contributed by atoms with Crippen molar-refractivity contribution in [3.05, 3.63) is 0 Å². The molecule has 0 radical (unpaired) electrons. The molecule has 6 heteroatoms. The van der Waals surface area contributed by atoms with Gasteiger partial charge >= 0.3 is 5.97 Å². The maximum absolute atomic E-state index is 12.7. The largest absolute Gasteiger partial charge is 0.459 e. The highest BCUT2D eigenvalue weighted by atomic mass is 19.3. The molecule has 1 rings (SSSR count). The van der Waals surface area contributed by atoms with Crippen LogP contribution in [0.15, 0.2) is 0 Å². The first-order valence-electron chi connectivity index (χ1n) is 6.75. The lowest BCUT2D eigenvalue weighted by molar-refractivity contribution is -0.158. The maximum atomic E-state index is 12.7. The Morgan fingerprint density at radius 3 is 2.68 bits per heavy atom. The average molecular weight is 279 g/mol. The third-order valence-corrected chi connectivity index (χ3v) is 3.26. The molecule has 0 bridgehead atoms. The van der Waals surface area contributed by atoms with Gasteiger partial charge in [0.05, 0.1) is 12.7 Å². The van der Waals surface area contributed by atoms with Gasteiger partial charge in [0, 0.05) is 6.42 Å². The van der Waals surface area contributed by atoms with E-state index in [0.717, 1.165) is 19.8 Å². The van der Waals surface area contributed by atoms with Crippen molar-refractivity contribution in [2.75, 3.05) is 6.61 Å². The summed E-state index contributed by atoms with van der Waals surface area (Å²) in [6.45, 7) is 2.54. The van der Waals surface area contributed by atoms with Gasteiger partial charge in [-0.15, -0.1) is 0 Å². The first kappa shape index (κ1) is 16.3. The zero-order valence-corrected chi connectivity index (χ0v) is 11.5. The highest BCUT2D eigenvalue weighted by Crippen LogP contribution is 2.20. The Bertz CT molecular complexity index is 294. The first-order chi connectivity index (χ1) is 8.79. The fraction of sp³-hybridized carbons (Fsp3) is 0.923. The molecule has 1 aliphatic rings. The number of hydrogen-bond donors (Lipinski definition) is 1. The van der Waals surface area contributed by atoms with Crippen molar-refractivity contribution >= 4 is 5.97 Å². The highest BCUT2D eigenvalue weighted by molar-refractivity contribution is 5.75. The SMILES string of the molecule is C[C@@H]1OC(=O)[C@@H](N)CCCC[C@H]1OCCC(C)(F)F. The molecule has 19 heavy (non-hydrogen) atoms. The Labute approximate surface area is 112 Å². The van der Waals surface area contributed by atoms with Gasteiger partial charge in [0.1, 0.15) is 12.1 Å². The van der Waals surface area contributed by atoms with Gasteiger partial charge in [-0.25, -0.2) is 8.78 Å². The number of nitrogens with two attached hydrogens (primary N) is 1. The van der Waals surface area contributed by atoms with E-state index >= 15 is 0 Å². The zero-order chi connectivity index (χ0) is 14.5. The number of cyclic esters (lactones) is 1. The molecule has 0 amide bonds. The number of halogens is 2. The molecule has 0 aromatic carbocycles. The summed E-state index contributed by atoms with van der Waals surface area (Å²) < 4.78 is 36.1. The summed E-state index contributed by atoms with van der Waals surface area (Å²) in [4.78, 5) is 11.6. The normalized spacial score (nSPS) is 30.2. The van der Waals surface area contributed by atoms with Crippen LogP contribution in [0.5, 0.6) is 0 Å². The van der Waals surface area contributed by atoms with Crippen molar-refractivity contribution in [2.24, 2.45) is 5.73 Å². The number of carbonyl (C=O) groups is 1. The van der Waals surface area contributed by atoms with Crippen molar-refractivity contribution in [3.63, 3.8) is 0 Å². The van der Waals surface area contributed by atoms with Crippen molar-refractivity contribution in [2.45, 2.75) is 70.1 Å². The summed E-state index contributed by atoms with van der Waals surface area (Å²) >= 11 is 0. The minimum atomic E-state index is -2.74. The van der Waals surface area contributed by atoms with Crippen LogP contribution in [-0.2, 0) is 14.3 Å². The van der Waals surface area contributed by atoms with Crippen LogP contribution in [0.4, 0.5) is 8.78 Å². The molecule has 0 aromatic rings. The van der Waals surface area contributed by atoms with Gasteiger partial charge in [0.2, 0.25) is 5.92 Å². The van der Waals surface area contributed by atoms with Crippen LogP contribution in [0, 0.1) is 0 Å². The molecule has 1 saturated heterocycles. The molecular weight excluding hydrogens is 256 g/mol. The van der Waals surface area contributed by atoms with E-state index in [1.165, 1.54) is 0 Å². The first-order valence-corrected chi connectivity index (χ1v) is 6.75. The summed E-state index contributed by atoms with van der Waals surface area (Å²) in [7, 11) is 0. The predicted octanol–water partition coefficient (Wildman–Crippen LogP) is 2.25. The van der Waals surface area contributed by atoms with Gasteiger partial charge in [-0.2, -0.15) is 0 Å². The van der Waals surface area contributed by atoms with Gasteiger partial charge in [-0.1, -0.05) is 12.8 Å². The van der Waals surface area contributed by atoms with Crippen LogP contribution in [-0.4, -0.2) is 36.7 Å². The van der Waals surface area contributed by atoms with Gasteiger partial charge in [-0.05, 0) is 26.7 Å². The van der Waals surface area contributed by atoms with E-state index in [2.05, 4.69) is 0 Å². The number of hydrogen-bond acceptors (Lipinski definition) is 4. The standard InChI is InChI=1S/C13H23F2NO3/c1-9-11(18-8-7-13(2,14)15)6-4-3-5-10(16)12(17)19-9/h9-11H,3-8,16H2,1-2H3/t9-,10-,11+/m0/s1. The second-order valence-electron chi connectivity index (χ2n) is 5.26. The Morgan fingerprint density at radius 1 is 1.42 bits per heavy atom. The number of rotatable bonds is 4. The van der Waals surface area contributed by atoms with Gasteiger partial charge < -0.3 is 15.2 Å². The van der Waals surface area contributed by atoms with Crippen molar-refractivity contribution in [1.82, 2.24) is 0 Å². The second kappa shape index (κ2) is 7.14. The third kappa shape index (κ3) is 6.29. The molecule has 2 N–H and O–H groups in total. The maximum Gasteiger partial charge on any atom is 0.323 e. The fourth-order valence-electron chi connectivity index (χ4n) is 2.02. The lowest BCUT2D eigenvalue weighted by Crippen LogP contribution is -2.37. The number of alkyl halides is 2. The lowest BCUT2D eigenvalue weighted by atomic mass is 10.1. The average Bonchev–Trinajstić information content (AvgIpc) is 2.33. The molecule has 112 valence electrons. The van der Waals surface area contributed by atoms with E-state index in [9.17, 15) is 13.6 Å². The molecule has 3 atom stereocenters. The second-order valence-corrected chi connectivity index (χ2v) is 5.26. The zero-order valence-electron chi connectivity index (χ0n) is 11.5. The van der Waals surface area contributed by atoms with Crippen LogP contribution in [0.1, 0.15) is 46.0 Å². The van der Waals surface area contributed by atoms with Crippen molar-refractivity contribution in [1.29, 1.82) is 0 Å². The molecule has 0 saturated carbocycles. The molecule has 0 aliphatic carbocycles.